The lowest BCUT2D eigenvalue weighted by Gasteiger charge is -2.13. The number of thioether (sulfide) groups is 1. The standard InChI is InChI=1S/C18H22N3S/c1-15-13-21(14-22-15)12-11-19-17-9-5-6-10-18(17)20-16-7-3-2-4-8-16/h2-10,14-15,19-20H,11-13H2,1H3/q+1. The number of anilines is 3. The molecule has 0 fully saturated rings. The van der Waals surface area contributed by atoms with Gasteiger partial charge in [-0.05, 0) is 31.2 Å². The highest BCUT2D eigenvalue weighted by atomic mass is 32.2. The van der Waals surface area contributed by atoms with Gasteiger partial charge in [0.1, 0.15) is 0 Å². The number of hydrogen-bond acceptors (Lipinski definition) is 3. The monoisotopic (exact) mass is 312 g/mol. The molecule has 1 aliphatic heterocycles. The zero-order valence-corrected chi connectivity index (χ0v) is 13.6. The third kappa shape index (κ3) is 4.04. The SMILES string of the molecule is CC1C[N+](CCNc2ccccc2Nc2ccccc2)=CS1. The van der Waals surface area contributed by atoms with Crippen LogP contribution in [0.2, 0.25) is 0 Å². The van der Waals surface area contributed by atoms with Crippen LogP contribution in [-0.4, -0.2) is 35.0 Å². The molecule has 0 bridgehead atoms. The molecule has 2 N–H and O–H groups in total. The molecule has 0 saturated heterocycles. The van der Waals surface area contributed by atoms with Crippen LogP contribution in [-0.2, 0) is 0 Å². The number of benzene rings is 2. The lowest BCUT2D eigenvalue weighted by molar-refractivity contribution is -0.513. The molecule has 2 aromatic rings. The molecule has 0 radical (unpaired) electrons. The summed E-state index contributed by atoms with van der Waals surface area (Å²) >= 11 is 1.92. The van der Waals surface area contributed by atoms with Gasteiger partial charge in [-0.1, -0.05) is 42.1 Å². The van der Waals surface area contributed by atoms with Gasteiger partial charge in [0.25, 0.3) is 0 Å². The van der Waals surface area contributed by atoms with E-state index in [2.05, 4.69) is 64.1 Å². The minimum Gasteiger partial charge on any atom is -0.377 e. The molecule has 1 unspecified atom stereocenters. The normalized spacial score (nSPS) is 17.1. The van der Waals surface area contributed by atoms with E-state index in [9.17, 15) is 0 Å². The first kappa shape index (κ1) is 15.0. The Morgan fingerprint density at radius 2 is 1.77 bits per heavy atom. The maximum atomic E-state index is 3.54. The van der Waals surface area contributed by atoms with E-state index in [-0.39, 0.29) is 0 Å². The van der Waals surface area contributed by atoms with E-state index in [0.29, 0.717) is 5.25 Å². The topological polar surface area (TPSA) is 27.1 Å². The van der Waals surface area contributed by atoms with Gasteiger partial charge >= 0.3 is 0 Å². The van der Waals surface area contributed by atoms with Gasteiger partial charge in [-0.3, -0.25) is 0 Å². The van der Waals surface area contributed by atoms with Crippen LogP contribution in [0.15, 0.2) is 54.6 Å². The lowest BCUT2D eigenvalue weighted by atomic mass is 10.2. The van der Waals surface area contributed by atoms with Crippen molar-refractivity contribution in [3.05, 3.63) is 54.6 Å². The van der Waals surface area contributed by atoms with E-state index in [0.717, 1.165) is 36.7 Å². The minimum absolute atomic E-state index is 0.715. The summed E-state index contributed by atoms with van der Waals surface area (Å²) in [6, 6.07) is 18.6. The van der Waals surface area contributed by atoms with Crippen molar-refractivity contribution in [1.82, 2.24) is 0 Å². The van der Waals surface area contributed by atoms with Gasteiger partial charge in [0.2, 0.25) is 0 Å². The third-order valence-electron chi connectivity index (χ3n) is 3.63. The maximum absolute atomic E-state index is 3.54. The average Bonchev–Trinajstić information content (AvgIpc) is 2.95. The fourth-order valence-electron chi connectivity index (χ4n) is 2.51. The Labute approximate surface area is 136 Å². The summed E-state index contributed by atoms with van der Waals surface area (Å²) < 4.78 is 2.38. The first-order valence-corrected chi connectivity index (χ1v) is 8.63. The van der Waals surface area contributed by atoms with Crippen molar-refractivity contribution >= 4 is 34.4 Å². The lowest BCUT2D eigenvalue weighted by Crippen LogP contribution is -2.21. The summed E-state index contributed by atoms with van der Waals surface area (Å²) in [6.45, 7) is 5.40. The second-order valence-corrected chi connectivity index (χ2v) is 6.80. The van der Waals surface area contributed by atoms with Crippen molar-refractivity contribution in [2.24, 2.45) is 0 Å². The van der Waals surface area contributed by atoms with E-state index in [1.807, 2.05) is 30.0 Å². The van der Waals surface area contributed by atoms with Crippen LogP contribution >= 0.6 is 11.8 Å². The highest BCUT2D eigenvalue weighted by Gasteiger charge is 2.18. The highest BCUT2D eigenvalue weighted by molar-refractivity contribution is 8.12. The molecule has 114 valence electrons. The quantitative estimate of drug-likeness (QED) is 0.789. The number of nitrogens with zero attached hydrogens (tertiary/aromatic N) is 1. The fraction of sp³-hybridized carbons (Fsp3) is 0.278. The van der Waals surface area contributed by atoms with E-state index in [1.54, 1.807) is 0 Å². The average molecular weight is 312 g/mol. The Kier molecular flexibility index (Phi) is 5.01. The Bertz CT molecular complexity index is 640. The molecule has 1 atom stereocenters. The molecule has 0 saturated carbocycles. The second kappa shape index (κ2) is 7.36. The number of rotatable bonds is 6. The number of hydrogen-bond donors (Lipinski definition) is 2. The molecule has 0 amide bonds. The van der Waals surface area contributed by atoms with Crippen molar-refractivity contribution in [3.8, 4) is 0 Å². The molecule has 0 aromatic heterocycles. The summed E-state index contributed by atoms with van der Waals surface area (Å²) in [5.74, 6) is 0. The van der Waals surface area contributed by atoms with Crippen molar-refractivity contribution in [3.63, 3.8) is 0 Å². The number of para-hydroxylation sites is 3. The van der Waals surface area contributed by atoms with Crippen LogP contribution < -0.4 is 10.6 Å². The Morgan fingerprint density at radius 3 is 2.50 bits per heavy atom. The van der Waals surface area contributed by atoms with Crippen molar-refractivity contribution in [1.29, 1.82) is 0 Å². The first-order chi connectivity index (χ1) is 10.8. The molecule has 4 heteroatoms. The molecule has 22 heavy (non-hydrogen) atoms. The summed E-state index contributed by atoms with van der Waals surface area (Å²) in [6.07, 6.45) is 0. The summed E-state index contributed by atoms with van der Waals surface area (Å²) in [5, 5.41) is 7.73. The molecule has 1 heterocycles. The van der Waals surface area contributed by atoms with E-state index < -0.39 is 0 Å². The van der Waals surface area contributed by atoms with Crippen LogP contribution in [0.4, 0.5) is 17.1 Å². The zero-order chi connectivity index (χ0) is 15.2. The van der Waals surface area contributed by atoms with Gasteiger partial charge in [0, 0.05) is 5.69 Å². The summed E-state index contributed by atoms with van der Waals surface area (Å²) in [5.41, 5.74) is 5.61. The Hall–Kier alpha value is -1.94. The summed E-state index contributed by atoms with van der Waals surface area (Å²) in [4.78, 5) is 0. The van der Waals surface area contributed by atoms with Crippen molar-refractivity contribution in [2.75, 3.05) is 30.3 Å². The molecular weight excluding hydrogens is 290 g/mol. The van der Waals surface area contributed by atoms with Crippen LogP contribution in [0.3, 0.4) is 0 Å². The van der Waals surface area contributed by atoms with E-state index in [1.165, 1.54) is 0 Å². The predicted octanol–water partition coefficient (Wildman–Crippen LogP) is 4.02. The van der Waals surface area contributed by atoms with Gasteiger partial charge in [0.15, 0.2) is 18.6 Å². The predicted molar refractivity (Wildman–Crippen MR) is 97.8 cm³/mol. The van der Waals surface area contributed by atoms with E-state index in [4.69, 9.17) is 0 Å². The molecule has 3 nitrogen and oxygen atoms in total. The van der Waals surface area contributed by atoms with Crippen LogP contribution in [0.25, 0.3) is 0 Å². The smallest absolute Gasteiger partial charge is 0.198 e. The molecule has 3 rings (SSSR count). The molecule has 1 aliphatic rings. The van der Waals surface area contributed by atoms with Gasteiger partial charge < -0.3 is 10.6 Å². The van der Waals surface area contributed by atoms with E-state index >= 15 is 0 Å². The fourth-order valence-corrected chi connectivity index (χ4v) is 3.36. The minimum atomic E-state index is 0.715. The van der Waals surface area contributed by atoms with Crippen molar-refractivity contribution < 1.29 is 4.58 Å². The van der Waals surface area contributed by atoms with Gasteiger partial charge in [-0.15, -0.1) is 0 Å². The zero-order valence-electron chi connectivity index (χ0n) is 12.8. The maximum Gasteiger partial charge on any atom is 0.198 e. The molecule has 0 aliphatic carbocycles. The third-order valence-corrected chi connectivity index (χ3v) is 4.66. The van der Waals surface area contributed by atoms with Crippen molar-refractivity contribution in [2.45, 2.75) is 12.2 Å². The van der Waals surface area contributed by atoms with Gasteiger partial charge in [0.05, 0.1) is 23.2 Å². The van der Waals surface area contributed by atoms with Crippen LogP contribution in [0.5, 0.6) is 0 Å². The largest absolute Gasteiger partial charge is 0.377 e. The van der Waals surface area contributed by atoms with Crippen LogP contribution in [0, 0.1) is 0 Å². The number of nitrogens with one attached hydrogen (secondary N) is 2. The molecular formula is C18H22N3S+. The van der Waals surface area contributed by atoms with Gasteiger partial charge in [-0.2, -0.15) is 0 Å². The molecule has 2 aromatic carbocycles. The first-order valence-electron chi connectivity index (χ1n) is 7.69. The summed E-state index contributed by atoms with van der Waals surface area (Å²) in [7, 11) is 0. The van der Waals surface area contributed by atoms with Crippen LogP contribution in [0.1, 0.15) is 6.92 Å². The highest BCUT2D eigenvalue weighted by Crippen LogP contribution is 2.24. The Balaban J connectivity index is 1.59. The molecule has 0 spiro atoms. The van der Waals surface area contributed by atoms with Gasteiger partial charge in [-0.25, -0.2) is 4.58 Å². The second-order valence-electron chi connectivity index (χ2n) is 5.51. The Morgan fingerprint density at radius 1 is 1.05 bits per heavy atom.